The largest absolute Gasteiger partial charge is 0.398 e. The summed E-state index contributed by atoms with van der Waals surface area (Å²) in [6.07, 6.45) is 10.3. The van der Waals surface area contributed by atoms with Gasteiger partial charge in [0.15, 0.2) is 0 Å². The zero-order valence-corrected chi connectivity index (χ0v) is 9.76. The van der Waals surface area contributed by atoms with Crippen molar-refractivity contribution in [2.75, 3.05) is 7.05 Å². The van der Waals surface area contributed by atoms with E-state index in [9.17, 15) is 0 Å². The predicted octanol–water partition coefficient (Wildman–Crippen LogP) is 3.20. The van der Waals surface area contributed by atoms with Crippen LogP contribution in [0.25, 0.3) is 0 Å². The Morgan fingerprint density at radius 2 is 1.80 bits per heavy atom. The summed E-state index contributed by atoms with van der Waals surface area (Å²) in [7, 11) is 1.86. The van der Waals surface area contributed by atoms with Crippen LogP contribution in [-0.2, 0) is 0 Å². The minimum absolute atomic E-state index is 0.817. The van der Waals surface area contributed by atoms with Crippen molar-refractivity contribution in [3.8, 4) is 0 Å². The quantitative estimate of drug-likeness (QED) is 0.703. The normalized spacial score (nSPS) is 25.3. The van der Waals surface area contributed by atoms with Crippen LogP contribution in [0.5, 0.6) is 0 Å². The third kappa shape index (κ3) is 3.54. The summed E-state index contributed by atoms with van der Waals surface area (Å²) >= 11 is 0. The lowest BCUT2D eigenvalue weighted by Crippen LogP contribution is -2.10. The fourth-order valence-electron chi connectivity index (χ4n) is 2.10. The highest BCUT2D eigenvalue weighted by atomic mass is 14.7. The van der Waals surface area contributed by atoms with E-state index in [2.05, 4.69) is 11.6 Å². The van der Waals surface area contributed by atoms with Gasteiger partial charge in [-0.25, -0.2) is 0 Å². The second kappa shape index (κ2) is 6.44. The Morgan fingerprint density at radius 1 is 1.20 bits per heavy atom. The number of nitrogens with two attached hydrogens (primary N) is 1. The average Bonchev–Trinajstić information content (AvgIpc) is 2.38. The second-order valence-electron chi connectivity index (χ2n) is 4.08. The van der Waals surface area contributed by atoms with E-state index in [4.69, 9.17) is 5.73 Å². The molecule has 0 atom stereocenters. The number of hydrogen-bond acceptors (Lipinski definition) is 2. The van der Waals surface area contributed by atoms with Gasteiger partial charge in [-0.15, -0.1) is 0 Å². The van der Waals surface area contributed by atoms with Gasteiger partial charge >= 0.3 is 0 Å². The Balaban J connectivity index is 2.89. The van der Waals surface area contributed by atoms with Crippen LogP contribution in [0.1, 0.15) is 44.9 Å². The molecule has 0 aliphatic heterocycles. The lowest BCUT2D eigenvalue weighted by molar-refractivity contribution is 0.635. The third-order valence-electron chi connectivity index (χ3n) is 3.03. The molecular weight excluding hydrogens is 184 g/mol. The van der Waals surface area contributed by atoms with Gasteiger partial charge in [0.05, 0.1) is 0 Å². The van der Waals surface area contributed by atoms with Crippen molar-refractivity contribution in [1.82, 2.24) is 0 Å². The first-order valence-electron chi connectivity index (χ1n) is 5.86. The fourth-order valence-corrected chi connectivity index (χ4v) is 2.10. The van der Waals surface area contributed by atoms with Gasteiger partial charge in [0.1, 0.15) is 0 Å². The van der Waals surface area contributed by atoms with Gasteiger partial charge in [-0.3, -0.25) is 4.99 Å². The molecular formula is C13H22N2. The molecule has 0 saturated heterocycles. The number of allylic oxidation sites excluding steroid dienone is 2. The van der Waals surface area contributed by atoms with Crippen LogP contribution in [0.3, 0.4) is 0 Å². The molecule has 0 spiro atoms. The first-order valence-corrected chi connectivity index (χ1v) is 5.86. The molecule has 0 aromatic rings. The predicted molar refractivity (Wildman–Crippen MR) is 67.1 cm³/mol. The number of aliphatic imine (C=N–C) groups is 1. The fraction of sp³-hybridized carbons (Fsp3) is 0.615. The van der Waals surface area contributed by atoms with Gasteiger partial charge in [0.2, 0.25) is 0 Å². The summed E-state index contributed by atoms with van der Waals surface area (Å²) in [5.74, 6) is 0. The summed E-state index contributed by atoms with van der Waals surface area (Å²) in [5, 5.41) is 0. The van der Waals surface area contributed by atoms with Crippen LogP contribution >= 0.6 is 0 Å². The van der Waals surface area contributed by atoms with E-state index < -0.39 is 0 Å². The van der Waals surface area contributed by atoms with Crippen molar-refractivity contribution in [3.05, 3.63) is 23.9 Å². The Bertz CT molecular complexity index is 274. The van der Waals surface area contributed by atoms with E-state index in [1.807, 2.05) is 7.05 Å². The molecule has 1 fully saturated rings. The Morgan fingerprint density at radius 3 is 2.40 bits per heavy atom. The molecule has 0 amide bonds. The molecule has 15 heavy (non-hydrogen) atoms. The number of rotatable bonds is 1. The van der Waals surface area contributed by atoms with Crippen LogP contribution in [0.2, 0.25) is 0 Å². The van der Waals surface area contributed by atoms with Gasteiger partial charge in [-0.05, 0) is 37.3 Å². The minimum Gasteiger partial charge on any atom is -0.398 e. The van der Waals surface area contributed by atoms with Gasteiger partial charge in [-0.1, -0.05) is 25.8 Å². The van der Waals surface area contributed by atoms with Crippen molar-refractivity contribution in [2.45, 2.75) is 44.9 Å². The van der Waals surface area contributed by atoms with E-state index in [1.165, 1.54) is 43.4 Å². The van der Waals surface area contributed by atoms with E-state index >= 15 is 0 Å². The van der Waals surface area contributed by atoms with E-state index in [0.29, 0.717) is 0 Å². The highest BCUT2D eigenvalue weighted by molar-refractivity contribution is 6.00. The summed E-state index contributed by atoms with van der Waals surface area (Å²) in [5.41, 5.74) is 9.20. The average molecular weight is 206 g/mol. The summed E-state index contributed by atoms with van der Waals surface area (Å²) in [4.78, 5) is 4.37. The smallest absolute Gasteiger partial charge is 0.0397 e. The monoisotopic (exact) mass is 206 g/mol. The SMILES string of the molecule is C=C/C(N)=C1/CCCCCCC/C1=N/C. The maximum atomic E-state index is 5.97. The zero-order chi connectivity index (χ0) is 11.1. The molecule has 1 aliphatic carbocycles. The molecule has 84 valence electrons. The molecule has 1 saturated carbocycles. The Hall–Kier alpha value is -1.05. The highest BCUT2D eigenvalue weighted by Gasteiger charge is 2.11. The van der Waals surface area contributed by atoms with Crippen molar-refractivity contribution < 1.29 is 0 Å². The Kier molecular flexibility index (Phi) is 5.16. The Labute approximate surface area is 93.0 Å². The van der Waals surface area contributed by atoms with E-state index in [1.54, 1.807) is 6.08 Å². The number of hydrogen-bond donors (Lipinski definition) is 1. The van der Waals surface area contributed by atoms with Crippen LogP contribution < -0.4 is 5.73 Å². The van der Waals surface area contributed by atoms with E-state index in [-0.39, 0.29) is 0 Å². The lowest BCUT2D eigenvalue weighted by Gasteiger charge is -2.11. The van der Waals surface area contributed by atoms with Crippen LogP contribution in [0.4, 0.5) is 0 Å². The first kappa shape index (κ1) is 12.0. The lowest BCUT2D eigenvalue weighted by atomic mass is 9.99. The molecule has 0 aromatic carbocycles. The van der Waals surface area contributed by atoms with Gasteiger partial charge < -0.3 is 5.73 Å². The van der Waals surface area contributed by atoms with E-state index in [0.717, 1.165) is 18.5 Å². The van der Waals surface area contributed by atoms with Crippen LogP contribution in [0, 0.1) is 0 Å². The van der Waals surface area contributed by atoms with Crippen molar-refractivity contribution in [2.24, 2.45) is 10.7 Å². The van der Waals surface area contributed by atoms with Crippen molar-refractivity contribution in [1.29, 1.82) is 0 Å². The standard InChI is InChI=1S/C13H22N2/c1-3-12(14)11-9-7-5-4-6-8-10-13(11)15-2/h3H,1,4-10,14H2,2H3/b12-11+,15-13-. The molecule has 0 radical (unpaired) electrons. The molecule has 0 aromatic heterocycles. The summed E-state index contributed by atoms with van der Waals surface area (Å²) in [6, 6.07) is 0. The summed E-state index contributed by atoms with van der Waals surface area (Å²) in [6.45, 7) is 3.74. The molecule has 2 N–H and O–H groups in total. The van der Waals surface area contributed by atoms with Gasteiger partial charge in [-0.2, -0.15) is 0 Å². The first-order chi connectivity index (χ1) is 7.29. The minimum atomic E-state index is 0.817. The maximum absolute atomic E-state index is 5.97. The molecule has 0 heterocycles. The topological polar surface area (TPSA) is 38.4 Å². The highest BCUT2D eigenvalue weighted by Crippen LogP contribution is 2.21. The molecule has 2 heteroatoms. The van der Waals surface area contributed by atoms with Crippen LogP contribution in [0.15, 0.2) is 28.9 Å². The molecule has 1 rings (SSSR count). The van der Waals surface area contributed by atoms with Gasteiger partial charge in [0.25, 0.3) is 0 Å². The summed E-state index contributed by atoms with van der Waals surface area (Å²) < 4.78 is 0. The van der Waals surface area contributed by atoms with Crippen LogP contribution in [-0.4, -0.2) is 12.8 Å². The second-order valence-corrected chi connectivity index (χ2v) is 4.08. The molecule has 0 unspecified atom stereocenters. The molecule has 2 nitrogen and oxygen atoms in total. The number of nitrogens with zero attached hydrogens (tertiary/aromatic N) is 1. The maximum Gasteiger partial charge on any atom is 0.0397 e. The molecule has 0 bridgehead atoms. The zero-order valence-electron chi connectivity index (χ0n) is 9.76. The third-order valence-corrected chi connectivity index (χ3v) is 3.03. The van der Waals surface area contributed by atoms with Gasteiger partial charge in [0, 0.05) is 18.5 Å². The van der Waals surface area contributed by atoms with Crippen molar-refractivity contribution >= 4 is 5.71 Å². The molecule has 1 aliphatic rings. The van der Waals surface area contributed by atoms with Crippen molar-refractivity contribution in [3.63, 3.8) is 0 Å².